The van der Waals surface area contributed by atoms with Gasteiger partial charge in [0.2, 0.25) is 27.7 Å². The molecule has 1 aromatic heterocycles. The maximum absolute atomic E-state index is 12.6. The third-order valence-electron chi connectivity index (χ3n) is 4.91. The third-order valence-corrected chi connectivity index (χ3v) is 6.47. The molecule has 0 spiro atoms. The summed E-state index contributed by atoms with van der Waals surface area (Å²) >= 11 is 0. The summed E-state index contributed by atoms with van der Waals surface area (Å²) in [5, 5.41) is 5.18. The summed E-state index contributed by atoms with van der Waals surface area (Å²) < 4.78 is 33.2. The van der Waals surface area contributed by atoms with Gasteiger partial charge in [-0.2, -0.15) is 4.72 Å². The molecule has 3 N–H and O–H groups in total. The van der Waals surface area contributed by atoms with E-state index in [2.05, 4.69) is 20.3 Å². The number of pyridine rings is 1. The molecule has 10 heteroatoms. The van der Waals surface area contributed by atoms with Crippen LogP contribution in [0.1, 0.15) is 25.0 Å². The minimum Gasteiger partial charge on any atom is -0.439 e. The monoisotopic (exact) mass is 482 g/mol. The van der Waals surface area contributed by atoms with Crippen LogP contribution in [-0.2, 0) is 19.6 Å². The summed E-state index contributed by atoms with van der Waals surface area (Å²) in [6.07, 6.45) is 1.43. The van der Waals surface area contributed by atoms with Crippen LogP contribution in [0.25, 0.3) is 0 Å². The normalized spacial score (nSPS) is 12.0. The molecular formula is C24H26N4O5S. The van der Waals surface area contributed by atoms with E-state index in [0.29, 0.717) is 23.0 Å². The quantitative estimate of drug-likeness (QED) is 0.449. The molecule has 1 heterocycles. The molecule has 9 nitrogen and oxygen atoms in total. The molecule has 3 aromatic rings. The number of sulfonamides is 1. The van der Waals surface area contributed by atoms with Gasteiger partial charge in [0.15, 0.2) is 0 Å². The molecule has 0 saturated heterocycles. The van der Waals surface area contributed by atoms with Crippen LogP contribution < -0.4 is 20.1 Å². The van der Waals surface area contributed by atoms with Crippen LogP contribution in [0.5, 0.6) is 11.6 Å². The van der Waals surface area contributed by atoms with Crippen LogP contribution >= 0.6 is 0 Å². The van der Waals surface area contributed by atoms with Crippen LogP contribution in [0.3, 0.4) is 0 Å². The van der Waals surface area contributed by atoms with Gasteiger partial charge in [0, 0.05) is 18.7 Å². The molecule has 0 aliphatic carbocycles. The number of aromatic nitrogens is 1. The molecular weight excluding hydrogens is 456 g/mol. The number of nitrogens with one attached hydrogen (secondary N) is 3. The van der Waals surface area contributed by atoms with E-state index in [0.717, 1.165) is 11.1 Å². The maximum Gasteiger partial charge on any atom is 0.242 e. The first-order valence-corrected chi connectivity index (χ1v) is 11.9. The van der Waals surface area contributed by atoms with Gasteiger partial charge in [-0.3, -0.25) is 9.59 Å². The molecule has 1 atom stereocenters. The van der Waals surface area contributed by atoms with E-state index in [4.69, 9.17) is 4.74 Å². The van der Waals surface area contributed by atoms with E-state index in [-0.39, 0.29) is 10.8 Å². The van der Waals surface area contributed by atoms with Gasteiger partial charge < -0.3 is 15.4 Å². The minimum absolute atomic E-state index is 0.0317. The third kappa shape index (κ3) is 6.63. The fourth-order valence-corrected chi connectivity index (χ4v) is 4.14. The lowest BCUT2D eigenvalue weighted by Crippen LogP contribution is -2.41. The number of carbonyl (C=O) groups is 2. The first-order chi connectivity index (χ1) is 16.0. The summed E-state index contributed by atoms with van der Waals surface area (Å²) in [5.74, 6) is 0.194. The molecule has 0 radical (unpaired) electrons. The molecule has 2 amide bonds. The van der Waals surface area contributed by atoms with Gasteiger partial charge in [0.25, 0.3) is 0 Å². The van der Waals surface area contributed by atoms with Crippen molar-refractivity contribution in [3.05, 3.63) is 71.9 Å². The first kappa shape index (κ1) is 24.9. The molecule has 0 fully saturated rings. The molecule has 0 saturated carbocycles. The lowest BCUT2D eigenvalue weighted by molar-refractivity contribution is -0.117. The zero-order valence-corrected chi connectivity index (χ0v) is 20.1. The summed E-state index contributed by atoms with van der Waals surface area (Å²) in [7, 11) is -3.95. The number of amides is 2. The average Bonchev–Trinajstić information content (AvgIpc) is 2.77. The maximum atomic E-state index is 12.6. The summed E-state index contributed by atoms with van der Waals surface area (Å²) in [6, 6.07) is 13.5. The highest BCUT2D eigenvalue weighted by atomic mass is 32.2. The van der Waals surface area contributed by atoms with Gasteiger partial charge in [-0.15, -0.1) is 0 Å². The van der Waals surface area contributed by atoms with Crippen molar-refractivity contribution >= 4 is 33.2 Å². The molecule has 0 aliphatic rings. The van der Waals surface area contributed by atoms with Gasteiger partial charge in [-0.1, -0.05) is 6.07 Å². The van der Waals surface area contributed by atoms with Crippen LogP contribution in [0, 0.1) is 13.8 Å². The number of ether oxygens (including phenoxy) is 1. The van der Waals surface area contributed by atoms with E-state index in [9.17, 15) is 18.0 Å². The minimum atomic E-state index is -3.95. The fraction of sp³-hybridized carbons (Fsp3) is 0.208. The largest absolute Gasteiger partial charge is 0.439 e. The number of carbonyl (C=O) groups excluding carboxylic acids is 2. The predicted octanol–water partition coefficient (Wildman–Crippen LogP) is 3.75. The van der Waals surface area contributed by atoms with Crippen molar-refractivity contribution < 1.29 is 22.7 Å². The smallest absolute Gasteiger partial charge is 0.242 e. The molecule has 3 rings (SSSR count). The van der Waals surface area contributed by atoms with Crippen molar-refractivity contribution in [1.82, 2.24) is 9.71 Å². The highest BCUT2D eigenvalue weighted by Gasteiger charge is 2.22. The highest BCUT2D eigenvalue weighted by Crippen LogP contribution is 2.23. The summed E-state index contributed by atoms with van der Waals surface area (Å²) in [5.41, 5.74) is 3.12. The van der Waals surface area contributed by atoms with E-state index in [1.165, 1.54) is 44.3 Å². The predicted molar refractivity (Wildman–Crippen MR) is 129 cm³/mol. The SMILES string of the molecule is CC(=O)Nc1ccc(S(=O)(=O)N[C@@H](C)C(=O)Nc2ccc(Oc3ccc(C)c(C)c3)nc2)cc1. The second kappa shape index (κ2) is 10.4. The molecule has 0 bridgehead atoms. The van der Waals surface area contributed by atoms with Gasteiger partial charge in [-0.05, 0) is 74.4 Å². The first-order valence-electron chi connectivity index (χ1n) is 10.5. The average molecular weight is 483 g/mol. The van der Waals surface area contributed by atoms with Crippen molar-refractivity contribution in [2.24, 2.45) is 0 Å². The Bertz CT molecular complexity index is 1290. The molecule has 0 unspecified atom stereocenters. The van der Waals surface area contributed by atoms with Crippen molar-refractivity contribution in [2.45, 2.75) is 38.6 Å². The van der Waals surface area contributed by atoms with Crippen LogP contribution in [-0.4, -0.2) is 31.3 Å². The van der Waals surface area contributed by atoms with Crippen molar-refractivity contribution in [1.29, 1.82) is 0 Å². The van der Waals surface area contributed by atoms with Gasteiger partial charge in [0.05, 0.1) is 22.8 Å². The summed E-state index contributed by atoms with van der Waals surface area (Å²) in [6.45, 7) is 6.79. The fourth-order valence-electron chi connectivity index (χ4n) is 2.94. The molecule has 34 heavy (non-hydrogen) atoms. The van der Waals surface area contributed by atoms with Crippen LogP contribution in [0.2, 0.25) is 0 Å². The number of benzene rings is 2. The van der Waals surface area contributed by atoms with Crippen molar-refractivity contribution in [3.8, 4) is 11.6 Å². The van der Waals surface area contributed by atoms with E-state index in [1.54, 1.807) is 12.1 Å². The van der Waals surface area contributed by atoms with Crippen molar-refractivity contribution in [2.75, 3.05) is 10.6 Å². The Balaban J connectivity index is 1.59. The zero-order chi connectivity index (χ0) is 24.9. The van der Waals surface area contributed by atoms with E-state index < -0.39 is 22.0 Å². The second-order valence-electron chi connectivity index (χ2n) is 7.77. The number of nitrogens with zero attached hydrogens (tertiary/aromatic N) is 1. The zero-order valence-electron chi connectivity index (χ0n) is 19.2. The Labute approximate surface area is 198 Å². The van der Waals surface area contributed by atoms with E-state index in [1.807, 2.05) is 32.0 Å². The molecule has 0 aliphatic heterocycles. The lowest BCUT2D eigenvalue weighted by atomic mass is 10.1. The Morgan fingerprint density at radius 2 is 1.59 bits per heavy atom. The Kier molecular flexibility index (Phi) is 7.64. The number of hydrogen-bond acceptors (Lipinski definition) is 6. The van der Waals surface area contributed by atoms with Gasteiger partial charge in [-0.25, -0.2) is 13.4 Å². The van der Waals surface area contributed by atoms with Crippen molar-refractivity contribution in [3.63, 3.8) is 0 Å². The van der Waals surface area contributed by atoms with Crippen LogP contribution in [0.4, 0.5) is 11.4 Å². The molecule has 2 aromatic carbocycles. The topological polar surface area (TPSA) is 126 Å². The standard InChI is InChI=1S/C24H26N4O5S/c1-15-5-9-21(13-16(15)2)33-23-12-8-20(14-25-23)27-24(30)17(3)28-34(31,32)22-10-6-19(7-11-22)26-18(4)29/h5-14,17,28H,1-4H3,(H,26,29)(H,27,30)/t17-/m0/s1. The van der Waals surface area contributed by atoms with E-state index >= 15 is 0 Å². The number of anilines is 2. The van der Waals surface area contributed by atoms with Crippen LogP contribution in [0.15, 0.2) is 65.7 Å². The van der Waals surface area contributed by atoms with Gasteiger partial charge in [0.1, 0.15) is 5.75 Å². The Morgan fingerprint density at radius 3 is 2.18 bits per heavy atom. The number of aryl methyl sites for hydroxylation is 2. The lowest BCUT2D eigenvalue weighted by Gasteiger charge is -2.15. The summed E-state index contributed by atoms with van der Waals surface area (Å²) in [4.78, 5) is 27.7. The highest BCUT2D eigenvalue weighted by molar-refractivity contribution is 7.89. The number of rotatable bonds is 8. The molecule has 178 valence electrons. The Hall–Kier alpha value is -3.76. The number of hydrogen-bond donors (Lipinski definition) is 3. The van der Waals surface area contributed by atoms with Gasteiger partial charge >= 0.3 is 0 Å². The Morgan fingerprint density at radius 1 is 0.912 bits per heavy atom. The second-order valence-corrected chi connectivity index (χ2v) is 9.49.